The summed E-state index contributed by atoms with van der Waals surface area (Å²) >= 11 is 0. The molecule has 0 spiro atoms. The molecule has 2 aromatic carbocycles. The summed E-state index contributed by atoms with van der Waals surface area (Å²) in [6.07, 6.45) is 10.5. The van der Waals surface area contributed by atoms with Crippen molar-refractivity contribution in [1.29, 1.82) is 0 Å². The number of phenolic OH excluding ortho intramolecular Hbond substituents is 1. The van der Waals surface area contributed by atoms with Gasteiger partial charge in [-0.05, 0) is 73.9 Å². The number of amides is 1. The first-order valence-electron chi connectivity index (χ1n) is 13.7. The number of hydrogen-bond acceptors (Lipinski definition) is 5. The first-order chi connectivity index (χ1) is 17.6. The molecule has 1 amide bonds. The van der Waals surface area contributed by atoms with Crippen LogP contribution in [0, 0.1) is 0 Å². The third-order valence-corrected chi connectivity index (χ3v) is 8.95. The zero-order valence-corrected chi connectivity index (χ0v) is 21.1. The average molecular weight is 487 g/mol. The zero-order chi connectivity index (χ0) is 24.6. The van der Waals surface area contributed by atoms with Crippen molar-refractivity contribution in [3.63, 3.8) is 0 Å². The Morgan fingerprint density at radius 1 is 0.944 bits per heavy atom. The monoisotopic (exact) mass is 486 g/mol. The van der Waals surface area contributed by atoms with E-state index in [4.69, 9.17) is 0 Å². The van der Waals surface area contributed by atoms with Crippen LogP contribution in [0.1, 0.15) is 72.5 Å². The number of piperazine rings is 1. The van der Waals surface area contributed by atoms with Crippen LogP contribution in [-0.2, 0) is 0 Å². The molecular weight excluding hydrogens is 448 g/mol. The van der Waals surface area contributed by atoms with Crippen molar-refractivity contribution in [2.45, 2.75) is 75.2 Å². The third-order valence-electron chi connectivity index (χ3n) is 8.95. The highest BCUT2D eigenvalue weighted by atomic mass is 16.3. The number of hydrogen-bond donors (Lipinski definition) is 2. The van der Waals surface area contributed by atoms with Crippen molar-refractivity contribution >= 4 is 5.91 Å². The van der Waals surface area contributed by atoms with Crippen molar-refractivity contribution in [2.24, 2.45) is 0 Å². The molecule has 0 radical (unpaired) electrons. The number of fused-ring (bicyclic) bond motifs is 2. The maximum absolute atomic E-state index is 12.9. The van der Waals surface area contributed by atoms with Crippen LogP contribution in [0.15, 0.2) is 61.2 Å². The van der Waals surface area contributed by atoms with Gasteiger partial charge < -0.3 is 5.11 Å². The molecule has 6 saturated heterocycles. The van der Waals surface area contributed by atoms with Crippen molar-refractivity contribution in [3.05, 3.63) is 77.9 Å². The van der Waals surface area contributed by atoms with E-state index in [1.54, 1.807) is 6.07 Å². The van der Waals surface area contributed by atoms with Crippen molar-refractivity contribution < 1.29 is 9.90 Å². The van der Waals surface area contributed by atoms with Crippen LogP contribution in [-0.4, -0.2) is 69.6 Å². The molecule has 6 heteroatoms. The molecule has 6 fully saturated rings. The number of phenols is 1. The number of hydrazine groups is 1. The topological polar surface area (TPSA) is 59.0 Å². The molecule has 190 valence electrons. The summed E-state index contributed by atoms with van der Waals surface area (Å²) in [5.41, 5.74) is 6.08. The Balaban J connectivity index is 1.30. The summed E-state index contributed by atoms with van der Waals surface area (Å²) in [7, 11) is 0. The molecular formula is C30H38N4O2. The van der Waals surface area contributed by atoms with E-state index in [9.17, 15) is 9.90 Å². The van der Waals surface area contributed by atoms with E-state index in [0.717, 1.165) is 38.0 Å². The van der Waals surface area contributed by atoms with Gasteiger partial charge in [0.05, 0.1) is 6.04 Å². The Morgan fingerprint density at radius 3 is 2.25 bits per heavy atom. The highest BCUT2D eigenvalue weighted by Gasteiger charge is 2.56. The second-order valence-electron chi connectivity index (χ2n) is 11.0. The highest BCUT2D eigenvalue weighted by Crippen LogP contribution is 2.50. The molecule has 0 aliphatic carbocycles. The lowest BCUT2D eigenvalue weighted by atomic mass is 9.69. The van der Waals surface area contributed by atoms with Crippen LogP contribution in [0.2, 0.25) is 0 Å². The standard InChI is InChI=1S/C30H38N4O2/c1-2-17-33-25-13-15-27-26(33)14-16-28(25)34(27)29(23-7-6-8-24(35)20-23)21-9-11-22(12-10-21)30(36)31-32-18-4-3-5-19-32/h2,6-12,20,25-29,35H,1,3-5,13-19H2,(H,31,36). The minimum atomic E-state index is -0.0338. The minimum Gasteiger partial charge on any atom is -0.508 e. The molecule has 6 aliphatic rings. The van der Waals surface area contributed by atoms with Crippen LogP contribution < -0.4 is 5.43 Å². The van der Waals surface area contributed by atoms with Gasteiger partial charge in [0.2, 0.25) is 0 Å². The van der Waals surface area contributed by atoms with Gasteiger partial charge in [-0.3, -0.25) is 20.0 Å². The van der Waals surface area contributed by atoms with Gasteiger partial charge in [0, 0.05) is 49.4 Å². The van der Waals surface area contributed by atoms with Gasteiger partial charge in [-0.15, -0.1) is 6.58 Å². The van der Waals surface area contributed by atoms with Gasteiger partial charge in [-0.2, -0.15) is 0 Å². The number of benzene rings is 2. The van der Waals surface area contributed by atoms with Gasteiger partial charge in [0.1, 0.15) is 5.75 Å². The minimum absolute atomic E-state index is 0.0338. The molecule has 6 aliphatic heterocycles. The van der Waals surface area contributed by atoms with Crippen molar-refractivity contribution in [3.8, 4) is 5.75 Å². The molecule has 5 atom stereocenters. The molecule has 5 unspecified atom stereocenters. The first kappa shape index (κ1) is 23.7. The second kappa shape index (κ2) is 10.0. The Morgan fingerprint density at radius 2 is 1.61 bits per heavy atom. The fourth-order valence-electron chi connectivity index (χ4n) is 7.48. The predicted octanol–water partition coefficient (Wildman–Crippen LogP) is 4.48. The highest BCUT2D eigenvalue weighted by molar-refractivity contribution is 5.93. The van der Waals surface area contributed by atoms with E-state index in [1.807, 2.05) is 29.3 Å². The first-order valence-corrected chi connectivity index (χ1v) is 13.7. The van der Waals surface area contributed by atoms with Crippen LogP contribution in [0.25, 0.3) is 0 Å². The largest absolute Gasteiger partial charge is 0.508 e. The lowest BCUT2D eigenvalue weighted by Crippen LogP contribution is -2.75. The summed E-state index contributed by atoms with van der Waals surface area (Å²) in [5.74, 6) is 0.268. The fourth-order valence-corrected chi connectivity index (χ4v) is 7.48. The van der Waals surface area contributed by atoms with E-state index in [1.165, 1.54) is 37.7 Å². The number of aromatic hydroxyl groups is 1. The van der Waals surface area contributed by atoms with Crippen LogP contribution in [0.3, 0.4) is 0 Å². The lowest BCUT2D eigenvalue weighted by molar-refractivity contribution is -0.151. The maximum atomic E-state index is 12.9. The number of carbonyl (C=O) groups excluding carboxylic acids is 1. The number of carbonyl (C=O) groups is 1. The van der Waals surface area contributed by atoms with Gasteiger partial charge >= 0.3 is 0 Å². The quantitative estimate of drug-likeness (QED) is 0.566. The van der Waals surface area contributed by atoms with Crippen LogP contribution in [0.5, 0.6) is 5.75 Å². The molecule has 2 aromatic rings. The number of nitrogens with zero attached hydrogens (tertiary/aromatic N) is 3. The predicted molar refractivity (Wildman–Crippen MR) is 142 cm³/mol. The molecule has 4 bridgehead atoms. The number of nitrogens with one attached hydrogen (secondary N) is 1. The molecule has 2 N–H and O–H groups in total. The fraction of sp³-hybridized carbons (Fsp3) is 0.500. The van der Waals surface area contributed by atoms with Gasteiger partial charge in [0.15, 0.2) is 0 Å². The maximum Gasteiger partial charge on any atom is 0.265 e. The summed E-state index contributed by atoms with van der Waals surface area (Å²) in [4.78, 5) is 18.3. The summed E-state index contributed by atoms with van der Waals surface area (Å²) < 4.78 is 0. The molecule has 8 rings (SSSR count). The van der Waals surface area contributed by atoms with Crippen molar-refractivity contribution in [1.82, 2.24) is 20.2 Å². The normalized spacial score (nSPS) is 29.2. The van der Waals surface area contributed by atoms with E-state index in [0.29, 0.717) is 35.5 Å². The SMILES string of the molecule is C=CCN1C2CCC3C1CCC2N3C(c1ccc(C(=O)NN2CCCCC2)cc1)c1cccc(O)c1. The van der Waals surface area contributed by atoms with Crippen LogP contribution >= 0.6 is 0 Å². The third kappa shape index (κ3) is 4.25. The van der Waals surface area contributed by atoms with Crippen LogP contribution in [0.4, 0.5) is 0 Å². The molecule has 0 aromatic heterocycles. The van der Waals surface area contributed by atoms with E-state index in [2.05, 4.69) is 46.1 Å². The number of rotatable bonds is 7. The summed E-state index contributed by atoms with van der Waals surface area (Å²) in [6, 6.07) is 18.1. The second-order valence-corrected chi connectivity index (χ2v) is 11.0. The Kier molecular flexibility index (Phi) is 6.59. The molecule has 6 nitrogen and oxygen atoms in total. The molecule has 6 heterocycles. The van der Waals surface area contributed by atoms with Gasteiger partial charge in [0.25, 0.3) is 5.91 Å². The molecule has 36 heavy (non-hydrogen) atoms. The lowest BCUT2D eigenvalue weighted by Gasteiger charge is -2.66. The Bertz CT molecular complexity index is 1080. The van der Waals surface area contributed by atoms with Gasteiger partial charge in [-0.1, -0.05) is 36.8 Å². The Hall–Kier alpha value is -2.67. The molecule has 0 saturated carbocycles. The van der Waals surface area contributed by atoms with Crippen molar-refractivity contribution in [2.75, 3.05) is 19.6 Å². The van der Waals surface area contributed by atoms with E-state index in [-0.39, 0.29) is 11.9 Å². The van der Waals surface area contributed by atoms with Gasteiger partial charge in [-0.25, -0.2) is 5.01 Å². The zero-order valence-electron chi connectivity index (χ0n) is 21.1. The average Bonchev–Trinajstić information content (AvgIpc) is 2.90. The summed E-state index contributed by atoms with van der Waals surface area (Å²) in [5, 5.41) is 12.4. The van der Waals surface area contributed by atoms with E-state index < -0.39 is 0 Å². The Labute approximate surface area is 214 Å². The van der Waals surface area contributed by atoms with E-state index >= 15 is 0 Å². The summed E-state index contributed by atoms with van der Waals surface area (Å²) in [6.45, 7) is 6.83. The number of piperidine rings is 5. The smallest absolute Gasteiger partial charge is 0.265 e.